The summed E-state index contributed by atoms with van der Waals surface area (Å²) in [6, 6.07) is 4.13. The molecule has 396 valence electrons. The van der Waals surface area contributed by atoms with Crippen molar-refractivity contribution in [1.82, 2.24) is 29.7 Å². The quantitative estimate of drug-likeness (QED) is 0.0726. The Morgan fingerprint density at radius 3 is 1.47 bits per heavy atom. The Balaban J connectivity index is 0.000000307. The molecule has 6 rings (SSSR count). The number of methoxy groups -OCH3 is 2. The molecular formula is C47H64F4N10O10S. The molecule has 2 aromatic carbocycles. The lowest BCUT2D eigenvalue weighted by molar-refractivity contribution is 0.0197. The number of hydrogen-bond donors (Lipinski definition) is 4. The van der Waals surface area contributed by atoms with Gasteiger partial charge in [-0.25, -0.2) is 50.5 Å². The first-order valence-electron chi connectivity index (χ1n) is 22.2. The summed E-state index contributed by atoms with van der Waals surface area (Å²) in [5.41, 5.74) is 14.5. The number of nitrogens with two attached hydrogens (primary N) is 3. The topological polar surface area (TPSA) is 287 Å². The van der Waals surface area contributed by atoms with E-state index in [0.717, 1.165) is 62.6 Å². The summed E-state index contributed by atoms with van der Waals surface area (Å²) >= 11 is 0. The fourth-order valence-electron chi connectivity index (χ4n) is 6.69. The molecule has 0 radical (unpaired) electrons. The molecule has 0 unspecified atom stereocenters. The van der Waals surface area contributed by atoms with Gasteiger partial charge in [-0.3, -0.25) is 9.59 Å². The summed E-state index contributed by atoms with van der Waals surface area (Å²) in [5.74, 6) is -8.15. The summed E-state index contributed by atoms with van der Waals surface area (Å²) in [5, 5.41) is 2.58. The maximum Gasteiger partial charge on any atom is 0.410 e. The van der Waals surface area contributed by atoms with Gasteiger partial charge in [0, 0.05) is 50.7 Å². The Morgan fingerprint density at radius 1 is 0.694 bits per heavy atom. The molecule has 2 fully saturated rings. The third-order valence-corrected chi connectivity index (χ3v) is 12.0. The number of sulfone groups is 1. The van der Waals surface area contributed by atoms with E-state index in [1.807, 2.05) is 41.5 Å². The van der Waals surface area contributed by atoms with Crippen LogP contribution in [-0.4, -0.2) is 131 Å². The zero-order valence-corrected chi connectivity index (χ0v) is 41.7. The number of ether oxygens (including phenoxy) is 4. The van der Waals surface area contributed by atoms with Crippen LogP contribution in [0.3, 0.4) is 0 Å². The maximum atomic E-state index is 14.3. The summed E-state index contributed by atoms with van der Waals surface area (Å²) in [6.07, 6.45) is 4.46. The molecule has 25 heteroatoms. The molecule has 7 N–H and O–H groups in total. The van der Waals surface area contributed by atoms with Crippen LogP contribution >= 0.6 is 0 Å². The van der Waals surface area contributed by atoms with Gasteiger partial charge in [-0.05, 0) is 91.5 Å². The maximum absolute atomic E-state index is 14.3. The summed E-state index contributed by atoms with van der Waals surface area (Å²) in [7, 11) is -1.31. The minimum Gasteiger partial charge on any atom is -0.496 e. The highest BCUT2D eigenvalue weighted by Crippen LogP contribution is 2.30. The smallest absolute Gasteiger partial charge is 0.410 e. The summed E-state index contributed by atoms with van der Waals surface area (Å²) < 4.78 is 99.2. The van der Waals surface area contributed by atoms with Gasteiger partial charge in [0.15, 0.2) is 23.3 Å². The Morgan fingerprint density at radius 2 is 1.10 bits per heavy atom. The number of likely N-dealkylation sites (tertiary alicyclic amines) is 2. The van der Waals surface area contributed by atoms with E-state index in [9.17, 15) is 45.2 Å². The first kappa shape index (κ1) is 59.4. The van der Waals surface area contributed by atoms with E-state index in [2.05, 4.69) is 25.3 Å². The molecular weight excluding hydrogens is 973 g/mol. The number of nitrogens with one attached hydrogen (secondary N) is 1. The number of carbonyl (C=O) groups is 4. The number of nitrogen functional groups attached to an aromatic ring is 2. The van der Waals surface area contributed by atoms with Crippen molar-refractivity contribution in [3.05, 3.63) is 82.2 Å². The highest BCUT2D eigenvalue weighted by atomic mass is 32.2. The number of halogens is 4. The number of anilines is 3. The fourth-order valence-corrected chi connectivity index (χ4v) is 7.40. The standard InChI is InChI=1S/C22H27F2N5O4.C14H13F2N3O4S.C10H20N2O2.CH4/c1-22(2,3)33-21(31)29-9-7-12(8-10-29)27-20-26-11-13(19(25)28-20)18(30)16-15(32-4)6-5-14(23)17(16)24;1-3-24(21,22)14-18-6-7(13(17)19-14)12(20)10-9(23-2)5-4-8(15)11(10)16;1-10(2,3)14-9(13)12-6-4-8(11)5-7-12;/h5-6,11-12H,7-10H2,1-4H3,(H3,25,26,27,28);4-6H,3H2,1-2H3,(H2,17,18,19);8H,4-7,11H2,1-3H3;1H4. The van der Waals surface area contributed by atoms with Crippen LogP contribution in [0.5, 0.6) is 11.5 Å². The van der Waals surface area contributed by atoms with Gasteiger partial charge in [0.25, 0.3) is 0 Å². The largest absolute Gasteiger partial charge is 0.496 e. The summed E-state index contributed by atoms with van der Waals surface area (Å²) in [6.45, 7) is 14.9. The lowest BCUT2D eigenvalue weighted by Gasteiger charge is -2.33. The lowest BCUT2D eigenvalue weighted by Crippen LogP contribution is -2.44. The Labute approximate surface area is 416 Å². The van der Waals surface area contributed by atoms with Crippen LogP contribution in [-0.2, 0) is 19.3 Å². The fraction of sp³-hybridized carbons (Fsp3) is 0.489. The van der Waals surface area contributed by atoms with Gasteiger partial charge in [0.2, 0.25) is 32.5 Å². The van der Waals surface area contributed by atoms with E-state index in [-0.39, 0.29) is 71.8 Å². The van der Waals surface area contributed by atoms with Gasteiger partial charge in [0.1, 0.15) is 45.5 Å². The highest BCUT2D eigenvalue weighted by Gasteiger charge is 2.30. The van der Waals surface area contributed by atoms with Gasteiger partial charge >= 0.3 is 12.2 Å². The second kappa shape index (κ2) is 25.0. The van der Waals surface area contributed by atoms with Gasteiger partial charge < -0.3 is 51.3 Å². The molecule has 2 saturated heterocycles. The number of amides is 2. The minimum absolute atomic E-state index is 0. The van der Waals surface area contributed by atoms with Crippen LogP contribution in [0, 0.1) is 23.3 Å². The van der Waals surface area contributed by atoms with Crippen molar-refractivity contribution in [2.24, 2.45) is 5.73 Å². The van der Waals surface area contributed by atoms with E-state index in [0.29, 0.717) is 25.9 Å². The molecule has 20 nitrogen and oxygen atoms in total. The molecule has 2 aliphatic rings. The molecule has 0 aliphatic carbocycles. The minimum atomic E-state index is -3.73. The number of benzene rings is 2. The van der Waals surface area contributed by atoms with Crippen molar-refractivity contribution in [3.8, 4) is 11.5 Å². The van der Waals surface area contributed by atoms with E-state index >= 15 is 0 Å². The molecule has 0 spiro atoms. The van der Waals surface area contributed by atoms with Crippen molar-refractivity contribution in [1.29, 1.82) is 0 Å². The van der Waals surface area contributed by atoms with Crippen molar-refractivity contribution in [2.75, 3.05) is 62.9 Å². The zero-order valence-electron chi connectivity index (χ0n) is 40.9. The molecule has 2 aliphatic heterocycles. The number of piperidine rings is 2. The van der Waals surface area contributed by atoms with Gasteiger partial charge in [-0.1, -0.05) is 14.4 Å². The van der Waals surface area contributed by atoms with E-state index in [1.165, 1.54) is 21.1 Å². The SMILES string of the molecule is C.CC(C)(C)OC(=O)N1CCC(N)CC1.CCS(=O)(=O)c1ncc(C(=O)c2c(OC)ccc(F)c2F)c(N)n1.COc1ccc(F)c(F)c1C(=O)c1cnc(NC2CCN(C(=O)OC(C)(C)C)CC2)nc1N. The van der Waals surface area contributed by atoms with E-state index < -0.39 is 78.0 Å². The van der Waals surface area contributed by atoms with Crippen LogP contribution < -0.4 is 32.0 Å². The second-order valence-corrected chi connectivity index (χ2v) is 20.2. The average Bonchev–Trinajstić information content (AvgIpc) is 3.30. The molecule has 0 saturated carbocycles. The lowest BCUT2D eigenvalue weighted by atomic mass is 10.0. The predicted octanol–water partition coefficient (Wildman–Crippen LogP) is 6.74. The van der Waals surface area contributed by atoms with Crippen molar-refractivity contribution < 1.29 is 64.1 Å². The van der Waals surface area contributed by atoms with E-state index in [4.69, 9.17) is 36.1 Å². The van der Waals surface area contributed by atoms with Crippen molar-refractivity contribution in [2.45, 2.75) is 110 Å². The molecule has 0 bridgehead atoms. The molecule has 0 atom stereocenters. The first-order chi connectivity index (χ1) is 33.1. The average molecular weight is 1040 g/mol. The molecule has 2 amide bonds. The number of rotatable bonds is 10. The van der Waals surface area contributed by atoms with Gasteiger partial charge in [0.05, 0.1) is 31.1 Å². The highest BCUT2D eigenvalue weighted by molar-refractivity contribution is 7.91. The Bertz CT molecular complexity index is 2690. The number of carbonyl (C=O) groups excluding carboxylic acids is 4. The normalized spacial score (nSPS) is 14.3. The predicted molar refractivity (Wildman–Crippen MR) is 259 cm³/mol. The first-order valence-corrected chi connectivity index (χ1v) is 23.9. The van der Waals surface area contributed by atoms with Crippen LogP contribution in [0.2, 0.25) is 0 Å². The van der Waals surface area contributed by atoms with Crippen LogP contribution in [0.4, 0.5) is 44.7 Å². The van der Waals surface area contributed by atoms with Crippen LogP contribution in [0.1, 0.15) is 113 Å². The van der Waals surface area contributed by atoms with Gasteiger partial charge in [-0.2, -0.15) is 4.98 Å². The van der Waals surface area contributed by atoms with Gasteiger partial charge in [-0.15, -0.1) is 0 Å². The van der Waals surface area contributed by atoms with E-state index in [1.54, 1.807) is 9.80 Å². The third-order valence-electron chi connectivity index (χ3n) is 10.4. The Kier molecular flexibility index (Phi) is 20.6. The number of nitrogens with zero attached hydrogens (tertiary/aromatic N) is 6. The molecule has 4 heterocycles. The second-order valence-electron chi connectivity index (χ2n) is 18.1. The molecule has 4 aromatic rings. The van der Waals surface area contributed by atoms with Crippen LogP contribution in [0.25, 0.3) is 0 Å². The number of ketones is 2. The van der Waals surface area contributed by atoms with Crippen LogP contribution in [0.15, 0.2) is 41.8 Å². The molecule has 72 heavy (non-hydrogen) atoms. The molecule has 2 aromatic heterocycles. The monoisotopic (exact) mass is 1040 g/mol. The zero-order chi connectivity index (χ0) is 53.2. The van der Waals surface area contributed by atoms with Crippen molar-refractivity contribution >= 4 is 51.2 Å². The summed E-state index contributed by atoms with van der Waals surface area (Å²) in [4.78, 5) is 67.7. The number of aromatic nitrogens is 4. The number of hydrogen-bond acceptors (Lipinski definition) is 18. The van der Waals surface area contributed by atoms with Crippen molar-refractivity contribution in [3.63, 3.8) is 0 Å². The third kappa shape index (κ3) is 15.8. The Hall–Kier alpha value is -6.89.